The molecule has 3 N–H and O–H groups in total. The van der Waals surface area contributed by atoms with E-state index < -0.39 is 5.82 Å². The lowest BCUT2D eigenvalue weighted by atomic mass is 9.96. The third-order valence-electron chi connectivity index (χ3n) is 5.84. The molecule has 0 bridgehead atoms. The highest BCUT2D eigenvalue weighted by Gasteiger charge is 2.28. The summed E-state index contributed by atoms with van der Waals surface area (Å²) in [5, 5.41) is 6.04. The number of rotatable bonds is 2. The molecular weight excluding hydrogens is 409 g/mol. The molecule has 0 aliphatic carbocycles. The second kappa shape index (κ2) is 6.91. The zero-order chi connectivity index (χ0) is 21.8. The van der Waals surface area contributed by atoms with Gasteiger partial charge in [0.25, 0.3) is 5.91 Å². The van der Waals surface area contributed by atoms with Crippen molar-refractivity contribution in [1.82, 2.24) is 15.0 Å². The van der Waals surface area contributed by atoms with Gasteiger partial charge in [-0.15, -0.1) is 0 Å². The lowest BCUT2D eigenvalue weighted by molar-refractivity contribution is -0.110. The SMILES string of the molecule is Cc1c(-c2cc3c(cc2F)NC(=O)C3=Cc2cc3ncccc3[nH]2)cnc2c1NCCO2. The summed E-state index contributed by atoms with van der Waals surface area (Å²) in [6.45, 7) is 3.11. The summed E-state index contributed by atoms with van der Waals surface area (Å²) in [6, 6.07) is 8.71. The Hall–Kier alpha value is -4.20. The standard InChI is InChI=1S/C24H18FN5O2/c1-12-17(11-28-24-22(12)27-5-6-32-24)14-9-15-16(23(31)30-20(15)10-18(14)25)7-13-8-21-19(29-13)3-2-4-26-21/h2-4,7-11,27,29H,5-6H2,1H3,(H,30,31). The summed E-state index contributed by atoms with van der Waals surface area (Å²) in [5.74, 6) is -0.191. The van der Waals surface area contributed by atoms with E-state index in [4.69, 9.17) is 4.74 Å². The molecule has 8 heteroatoms. The monoisotopic (exact) mass is 427 g/mol. The average molecular weight is 427 g/mol. The molecule has 0 atom stereocenters. The molecule has 0 saturated carbocycles. The first-order valence-corrected chi connectivity index (χ1v) is 10.3. The number of carbonyl (C=O) groups excluding carboxylic acids is 1. The van der Waals surface area contributed by atoms with Gasteiger partial charge >= 0.3 is 0 Å². The van der Waals surface area contributed by atoms with E-state index in [0.29, 0.717) is 47.0 Å². The van der Waals surface area contributed by atoms with Crippen LogP contribution in [0.5, 0.6) is 5.88 Å². The fourth-order valence-electron chi connectivity index (χ4n) is 4.26. The van der Waals surface area contributed by atoms with Gasteiger partial charge in [-0.25, -0.2) is 9.37 Å². The molecular formula is C24H18FN5O2. The van der Waals surface area contributed by atoms with E-state index >= 15 is 4.39 Å². The predicted molar refractivity (Wildman–Crippen MR) is 121 cm³/mol. The van der Waals surface area contributed by atoms with Crippen molar-refractivity contribution in [3.05, 3.63) is 65.4 Å². The summed E-state index contributed by atoms with van der Waals surface area (Å²) >= 11 is 0. The maximum absolute atomic E-state index is 15.1. The van der Waals surface area contributed by atoms with Crippen LogP contribution in [0.4, 0.5) is 15.8 Å². The average Bonchev–Trinajstić information content (AvgIpc) is 3.34. The Bertz CT molecular complexity index is 1420. The zero-order valence-electron chi connectivity index (χ0n) is 17.1. The lowest BCUT2D eigenvalue weighted by Gasteiger charge is -2.21. The fourth-order valence-corrected chi connectivity index (χ4v) is 4.26. The molecule has 0 spiro atoms. The van der Waals surface area contributed by atoms with E-state index in [0.717, 1.165) is 28.0 Å². The number of anilines is 2. The van der Waals surface area contributed by atoms with Crippen LogP contribution >= 0.6 is 0 Å². The van der Waals surface area contributed by atoms with Gasteiger partial charge in [-0.05, 0) is 48.9 Å². The van der Waals surface area contributed by atoms with Gasteiger partial charge in [0.1, 0.15) is 18.1 Å². The van der Waals surface area contributed by atoms with Crippen molar-refractivity contribution >= 4 is 40.0 Å². The predicted octanol–water partition coefficient (Wildman–Crippen LogP) is 4.37. The quantitative estimate of drug-likeness (QED) is 0.413. The number of hydrogen-bond acceptors (Lipinski definition) is 5. The number of aromatic nitrogens is 3. The van der Waals surface area contributed by atoms with Crippen LogP contribution in [0.15, 0.2) is 42.7 Å². The lowest BCUT2D eigenvalue weighted by Crippen LogP contribution is -2.20. The molecule has 0 fully saturated rings. The second-order valence-corrected chi connectivity index (χ2v) is 7.80. The van der Waals surface area contributed by atoms with Gasteiger partial charge in [0, 0.05) is 41.3 Å². The van der Waals surface area contributed by atoms with Crippen molar-refractivity contribution in [2.45, 2.75) is 6.92 Å². The summed E-state index contributed by atoms with van der Waals surface area (Å²) in [5.41, 5.74) is 6.61. The number of nitrogens with one attached hydrogen (secondary N) is 3. The summed E-state index contributed by atoms with van der Waals surface area (Å²) < 4.78 is 20.7. The largest absolute Gasteiger partial charge is 0.474 e. The minimum atomic E-state index is -0.429. The Morgan fingerprint density at radius 3 is 2.94 bits per heavy atom. The molecule has 32 heavy (non-hydrogen) atoms. The van der Waals surface area contributed by atoms with Gasteiger partial charge in [0.05, 0.1) is 22.3 Å². The van der Waals surface area contributed by atoms with Crippen LogP contribution in [0.2, 0.25) is 0 Å². The van der Waals surface area contributed by atoms with Crippen molar-refractivity contribution < 1.29 is 13.9 Å². The van der Waals surface area contributed by atoms with Crippen molar-refractivity contribution in [1.29, 1.82) is 0 Å². The van der Waals surface area contributed by atoms with Crippen molar-refractivity contribution in [2.24, 2.45) is 0 Å². The van der Waals surface area contributed by atoms with Crippen LogP contribution in [-0.2, 0) is 4.79 Å². The van der Waals surface area contributed by atoms with Gasteiger partial charge in [-0.3, -0.25) is 9.78 Å². The minimum Gasteiger partial charge on any atom is -0.474 e. The Morgan fingerprint density at radius 2 is 2.06 bits per heavy atom. The molecule has 4 aromatic rings. The minimum absolute atomic E-state index is 0.279. The second-order valence-electron chi connectivity index (χ2n) is 7.80. The van der Waals surface area contributed by atoms with Crippen LogP contribution in [0.3, 0.4) is 0 Å². The van der Waals surface area contributed by atoms with E-state index in [1.165, 1.54) is 6.07 Å². The maximum Gasteiger partial charge on any atom is 0.256 e. The number of hydrogen-bond donors (Lipinski definition) is 3. The van der Waals surface area contributed by atoms with Crippen LogP contribution in [0, 0.1) is 12.7 Å². The highest BCUT2D eigenvalue weighted by Crippen LogP contribution is 2.41. The fraction of sp³-hybridized carbons (Fsp3) is 0.125. The molecule has 5 heterocycles. The first-order valence-electron chi connectivity index (χ1n) is 10.3. The van der Waals surface area contributed by atoms with Gasteiger partial charge in [0.15, 0.2) is 0 Å². The maximum atomic E-state index is 15.1. The van der Waals surface area contributed by atoms with Gasteiger partial charge in [-0.2, -0.15) is 0 Å². The molecule has 0 radical (unpaired) electrons. The molecule has 7 nitrogen and oxygen atoms in total. The van der Waals surface area contributed by atoms with E-state index in [1.807, 2.05) is 25.1 Å². The Balaban J connectivity index is 1.48. The topological polar surface area (TPSA) is 91.9 Å². The van der Waals surface area contributed by atoms with Crippen LogP contribution in [0.25, 0.3) is 33.8 Å². The van der Waals surface area contributed by atoms with Crippen molar-refractivity contribution in [3.63, 3.8) is 0 Å². The molecule has 0 saturated heterocycles. The van der Waals surface area contributed by atoms with Crippen molar-refractivity contribution in [3.8, 4) is 17.0 Å². The first kappa shape index (κ1) is 18.6. The van der Waals surface area contributed by atoms with E-state index in [2.05, 4.69) is 25.6 Å². The Kier molecular flexibility index (Phi) is 4.01. The number of benzene rings is 1. The van der Waals surface area contributed by atoms with E-state index in [-0.39, 0.29) is 5.91 Å². The summed E-state index contributed by atoms with van der Waals surface area (Å²) in [6.07, 6.45) is 5.09. The summed E-state index contributed by atoms with van der Waals surface area (Å²) in [7, 11) is 0. The number of H-pyrrole nitrogens is 1. The number of nitrogens with zero attached hydrogens (tertiary/aromatic N) is 2. The molecule has 1 aromatic carbocycles. The molecule has 1 amide bonds. The summed E-state index contributed by atoms with van der Waals surface area (Å²) in [4.78, 5) is 24.6. The smallest absolute Gasteiger partial charge is 0.256 e. The van der Waals surface area contributed by atoms with Gasteiger partial charge < -0.3 is 20.4 Å². The number of ether oxygens (including phenoxy) is 1. The molecule has 3 aromatic heterocycles. The molecule has 158 valence electrons. The number of pyridine rings is 2. The molecule has 0 unspecified atom stereocenters. The van der Waals surface area contributed by atoms with Crippen LogP contribution in [0.1, 0.15) is 16.8 Å². The molecule has 6 rings (SSSR count). The van der Waals surface area contributed by atoms with Crippen LogP contribution in [-0.4, -0.2) is 34.0 Å². The van der Waals surface area contributed by atoms with Crippen molar-refractivity contribution in [2.75, 3.05) is 23.8 Å². The number of carbonyl (C=O) groups is 1. The van der Waals surface area contributed by atoms with Crippen LogP contribution < -0.4 is 15.4 Å². The Morgan fingerprint density at radius 1 is 1.16 bits per heavy atom. The Labute approximate surface area is 182 Å². The number of fused-ring (bicyclic) bond motifs is 3. The van der Waals surface area contributed by atoms with Gasteiger partial charge in [-0.1, -0.05) is 0 Å². The first-order chi connectivity index (χ1) is 15.6. The van der Waals surface area contributed by atoms with Gasteiger partial charge in [0.2, 0.25) is 5.88 Å². The highest BCUT2D eigenvalue weighted by molar-refractivity contribution is 6.35. The molecule has 2 aliphatic heterocycles. The number of halogens is 1. The van der Waals surface area contributed by atoms with E-state index in [9.17, 15) is 4.79 Å². The number of aromatic amines is 1. The number of amides is 1. The highest BCUT2D eigenvalue weighted by atomic mass is 19.1. The third-order valence-corrected chi connectivity index (χ3v) is 5.84. The molecule has 2 aliphatic rings. The zero-order valence-corrected chi connectivity index (χ0v) is 17.1. The third kappa shape index (κ3) is 2.84. The van der Waals surface area contributed by atoms with E-state index in [1.54, 1.807) is 24.5 Å². The normalized spacial score (nSPS) is 15.8.